The topological polar surface area (TPSA) is 62.4 Å². The summed E-state index contributed by atoms with van der Waals surface area (Å²) in [5.74, 6) is 0.368. The van der Waals surface area contributed by atoms with Crippen molar-refractivity contribution in [3.05, 3.63) is 30.1 Å². The highest BCUT2D eigenvalue weighted by Gasteiger charge is 2.31. The molecule has 1 aromatic heterocycles. The number of pyridine rings is 1. The number of rotatable bonds is 4. The third-order valence-corrected chi connectivity index (χ3v) is 3.63. The summed E-state index contributed by atoms with van der Waals surface area (Å²) in [5.41, 5.74) is 6.89. The maximum Gasteiger partial charge on any atom is 0.0644 e. The average molecular weight is 235 g/mol. The fourth-order valence-electron chi connectivity index (χ4n) is 2.52. The molecule has 1 aliphatic rings. The average Bonchev–Trinajstić information content (AvgIpc) is 2.81. The summed E-state index contributed by atoms with van der Waals surface area (Å²) in [4.78, 5) is 6.71. The van der Waals surface area contributed by atoms with Gasteiger partial charge in [0.15, 0.2) is 0 Å². The van der Waals surface area contributed by atoms with E-state index in [1.807, 2.05) is 25.1 Å². The Balaban J connectivity index is 2.06. The van der Waals surface area contributed by atoms with Crippen LogP contribution in [0, 0.1) is 5.92 Å². The first-order chi connectivity index (χ1) is 8.22. The second kappa shape index (κ2) is 5.58. The van der Waals surface area contributed by atoms with Crippen molar-refractivity contribution in [2.24, 2.45) is 11.7 Å². The van der Waals surface area contributed by atoms with Gasteiger partial charge in [0.1, 0.15) is 0 Å². The Morgan fingerprint density at radius 2 is 2.41 bits per heavy atom. The number of aliphatic hydroxyl groups is 1. The minimum absolute atomic E-state index is 0.181. The molecule has 0 saturated carbocycles. The predicted molar refractivity (Wildman–Crippen MR) is 67.4 cm³/mol. The van der Waals surface area contributed by atoms with Gasteiger partial charge in [0.25, 0.3) is 0 Å². The molecule has 4 nitrogen and oxygen atoms in total. The first kappa shape index (κ1) is 12.5. The lowest BCUT2D eigenvalue weighted by Gasteiger charge is -2.26. The van der Waals surface area contributed by atoms with Crippen molar-refractivity contribution in [2.45, 2.75) is 25.5 Å². The van der Waals surface area contributed by atoms with E-state index in [0.29, 0.717) is 12.5 Å². The molecule has 0 radical (unpaired) electrons. The molecule has 3 N–H and O–H groups in total. The number of hydrogen-bond acceptors (Lipinski definition) is 4. The summed E-state index contributed by atoms with van der Waals surface area (Å²) in [6, 6.07) is 6.11. The van der Waals surface area contributed by atoms with Crippen LogP contribution in [-0.4, -0.2) is 40.7 Å². The molecule has 0 bridgehead atoms. The van der Waals surface area contributed by atoms with Gasteiger partial charge in [0.05, 0.1) is 17.8 Å². The van der Waals surface area contributed by atoms with E-state index < -0.39 is 0 Å². The van der Waals surface area contributed by atoms with Crippen LogP contribution in [0.2, 0.25) is 0 Å². The molecule has 2 rings (SSSR count). The van der Waals surface area contributed by atoms with Crippen LogP contribution < -0.4 is 5.73 Å². The van der Waals surface area contributed by atoms with E-state index in [-0.39, 0.29) is 12.1 Å². The Hall–Kier alpha value is -0.970. The lowest BCUT2D eigenvalue weighted by molar-refractivity contribution is 0.122. The second-order valence-corrected chi connectivity index (χ2v) is 4.79. The normalized spacial score (nSPS) is 24.8. The number of aromatic nitrogens is 1. The minimum atomic E-state index is -0.234. The van der Waals surface area contributed by atoms with Crippen LogP contribution >= 0.6 is 0 Å². The van der Waals surface area contributed by atoms with Crippen molar-refractivity contribution in [3.8, 4) is 0 Å². The van der Waals surface area contributed by atoms with Gasteiger partial charge in [0, 0.05) is 19.3 Å². The van der Waals surface area contributed by atoms with E-state index in [2.05, 4.69) is 9.88 Å². The molecule has 2 heterocycles. The molecule has 0 aromatic carbocycles. The standard InChI is InChI=1S/C13H21N3O/c1-10(17)11-5-7-16(9-11)13(8-14)12-4-2-3-6-15-12/h2-4,6,10-11,13,17H,5,7-9,14H2,1H3. The second-order valence-electron chi connectivity index (χ2n) is 4.79. The van der Waals surface area contributed by atoms with Gasteiger partial charge >= 0.3 is 0 Å². The predicted octanol–water partition coefficient (Wildman–Crippen LogP) is 0.784. The first-order valence-electron chi connectivity index (χ1n) is 6.25. The maximum atomic E-state index is 9.62. The Labute approximate surface area is 102 Å². The summed E-state index contributed by atoms with van der Waals surface area (Å²) in [6.45, 7) is 4.35. The van der Waals surface area contributed by atoms with Gasteiger partial charge in [-0.15, -0.1) is 0 Å². The Morgan fingerprint density at radius 3 is 2.94 bits per heavy atom. The van der Waals surface area contributed by atoms with Crippen molar-refractivity contribution in [1.29, 1.82) is 0 Å². The van der Waals surface area contributed by atoms with Gasteiger partial charge in [-0.1, -0.05) is 6.07 Å². The van der Waals surface area contributed by atoms with Gasteiger partial charge in [-0.25, -0.2) is 0 Å². The van der Waals surface area contributed by atoms with Crippen LogP contribution in [-0.2, 0) is 0 Å². The molecule has 0 aliphatic carbocycles. The number of likely N-dealkylation sites (tertiary alicyclic amines) is 1. The number of aliphatic hydroxyl groups excluding tert-OH is 1. The quantitative estimate of drug-likeness (QED) is 0.809. The summed E-state index contributed by atoms with van der Waals surface area (Å²) in [5, 5.41) is 9.62. The Kier molecular flexibility index (Phi) is 4.10. The molecular formula is C13H21N3O. The summed E-state index contributed by atoms with van der Waals surface area (Å²) in [6.07, 6.45) is 2.61. The zero-order valence-corrected chi connectivity index (χ0v) is 10.3. The molecule has 0 amide bonds. The van der Waals surface area contributed by atoms with E-state index in [1.54, 1.807) is 6.20 Å². The van der Waals surface area contributed by atoms with Crippen LogP contribution in [0.4, 0.5) is 0 Å². The van der Waals surface area contributed by atoms with Gasteiger partial charge in [-0.3, -0.25) is 9.88 Å². The molecule has 4 heteroatoms. The van der Waals surface area contributed by atoms with Crippen LogP contribution in [0.5, 0.6) is 0 Å². The smallest absolute Gasteiger partial charge is 0.0644 e. The highest BCUT2D eigenvalue weighted by atomic mass is 16.3. The molecular weight excluding hydrogens is 214 g/mol. The van der Waals surface area contributed by atoms with E-state index in [0.717, 1.165) is 25.2 Å². The van der Waals surface area contributed by atoms with Crippen LogP contribution in [0.3, 0.4) is 0 Å². The highest BCUT2D eigenvalue weighted by molar-refractivity contribution is 5.10. The molecule has 3 unspecified atom stereocenters. The largest absolute Gasteiger partial charge is 0.393 e. The van der Waals surface area contributed by atoms with Crippen molar-refractivity contribution < 1.29 is 5.11 Å². The molecule has 1 saturated heterocycles. The van der Waals surface area contributed by atoms with E-state index in [4.69, 9.17) is 5.73 Å². The van der Waals surface area contributed by atoms with Gasteiger partial charge in [-0.2, -0.15) is 0 Å². The fraction of sp³-hybridized carbons (Fsp3) is 0.615. The zero-order chi connectivity index (χ0) is 12.3. The zero-order valence-electron chi connectivity index (χ0n) is 10.3. The third-order valence-electron chi connectivity index (χ3n) is 3.63. The van der Waals surface area contributed by atoms with Crippen LogP contribution in [0.25, 0.3) is 0 Å². The molecule has 17 heavy (non-hydrogen) atoms. The molecule has 1 fully saturated rings. The monoisotopic (exact) mass is 235 g/mol. The lowest BCUT2D eigenvalue weighted by Crippen LogP contribution is -2.33. The number of nitrogens with two attached hydrogens (primary N) is 1. The number of hydrogen-bond donors (Lipinski definition) is 2. The van der Waals surface area contributed by atoms with Crippen molar-refractivity contribution in [1.82, 2.24) is 9.88 Å². The molecule has 94 valence electrons. The molecule has 1 aromatic rings. The van der Waals surface area contributed by atoms with Crippen LogP contribution in [0.15, 0.2) is 24.4 Å². The molecule has 3 atom stereocenters. The van der Waals surface area contributed by atoms with E-state index >= 15 is 0 Å². The summed E-state index contributed by atoms with van der Waals surface area (Å²) in [7, 11) is 0. The first-order valence-corrected chi connectivity index (χ1v) is 6.25. The maximum absolute atomic E-state index is 9.62. The lowest BCUT2D eigenvalue weighted by atomic mass is 10.0. The van der Waals surface area contributed by atoms with E-state index in [1.165, 1.54) is 0 Å². The van der Waals surface area contributed by atoms with Crippen LogP contribution in [0.1, 0.15) is 25.1 Å². The Bertz CT molecular complexity index is 342. The minimum Gasteiger partial charge on any atom is -0.393 e. The highest BCUT2D eigenvalue weighted by Crippen LogP contribution is 2.27. The van der Waals surface area contributed by atoms with Crippen molar-refractivity contribution >= 4 is 0 Å². The van der Waals surface area contributed by atoms with Crippen molar-refractivity contribution in [2.75, 3.05) is 19.6 Å². The molecule has 1 aliphatic heterocycles. The SMILES string of the molecule is CC(O)C1CCN(C(CN)c2ccccn2)C1. The molecule has 0 spiro atoms. The number of nitrogens with zero attached hydrogens (tertiary/aromatic N) is 2. The van der Waals surface area contributed by atoms with Gasteiger partial charge in [-0.05, 0) is 37.9 Å². The summed E-state index contributed by atoms with van der Waals surface area (Å²) >= 11 is 0. The van der Waals surface area contributed by atoms with E-state index in [9.17, 15) is 5.11 Å². The van der Waals surface area contributed by atoms with Crippen molar-refractivity contribution in [3.63, 3.8) is 0 Å². The summed E-state index contributed by atoms with van der Waals surface area (Å²) < 4.78 is 0. The van der Waals surface area contributed by atoms with Gasteiger partial charge < -0.3 is 10.8 Å². The van der Waals surface area contributed by atoms with Gasteiger partial charge in [0.2, 0.25) is 0 Å². The fourth-order valence-corrected chi connectivity index (χ4v) is 2.52. The third kappa shape index (κ3) is 2.83. The Morgan fingerprint density at radius 1 is 1.59 bits per heavy atom.